The fourth-order valence-electron chi connectivity index (χ4n) is 3.03. The van der Waals surface area contributed by atoms with Gasteiger partial charge >= 0.3 is 0 Å². The molecule has 4 nitrogen and oxygen atoms in total. The van der Waals surface area contributed by atoms with Crippen LogP contribution in [0.15, 0.2) is 18.2 Å². The van der Waals surface area contributed by atoms with Crippen molar-refractivity contribution in [2.24, 2.45) is 11.7 Å². The van der Waals surface area contributed by atoms with Gasteiger partial charge in [-0.05, 0) is 51.2 Å². The van der Waals surface area contributed by atoms with Gasteiger partial charge in [-0.3, -0.25) is 0 Å². The summed E-state index contributed by atoms with van der Waals surface area (Å²) < 4.78 is 5.45. The Labute approximate surface area is 132 Å². The van der Waals surface area contributed by atoms with E-state index in [0.717, 1.165) is 35.9 Å². The minimum Gasteiger partial charge on any atom is -0.496 e. The maximum Gasteiger partial charge on any atom is 0.123 e. The van der Waals surface area contributed by atoms with E-state index in [1.54, 1.807) is 7.11 Å². The van der Waals surface area contributed by atoms with E-state index < -0.39 is 0 Å². The Morgan fingerprint density at radius 1 is 1.52 bits per heavy atom. The van der Waals surface area contributed by atoms with Crippen molar-refractivity contribution in [2.75, 3.05) is 40.8 Å². The molecule has 1 aliphatic rings. The largest absolute Gasteiger partial charge is 0.496 e. The van der Waals surface area contributed by atoms with Crippen molar-refractivity contribution in [3.63, 3.8) is 0 Å². The van der Waals surface area contributed by atoms with Crippen LogP contribution in [0.5, 0.6) is 5.75 Å². The van der Waals surface area contributed by atoms with E-state index in [2.05, 4.69) is 23.9 Å². The molecule has 0 saturated carbocycles. The van der Waals surface area contributed by atoms with Gasteiger partial charge in [0.1, 0.15) is 10.7 Å². The maximum atomic E-state index is 5.72. The fraction of sp³-hybridized carbons (Fsp3) is 0.562. The van der Waals surface area contributed by atoms with Crippen LogP contribution in [0.1, 0.15) is 17.5 Å². The molecule has 1 saturated heterocycles. The van der Waals surface area contributed by atoms with Crippen LogP contribution in [-0.4, -0.2) is 55.6 Å². The summed E-state index contributed by atoms with van der Waals surface area (Å²) in [6.07, 6.45) is 1.28. The first-order valence-corrected chi connectivity index (χ1v) is 7.74. The summed E-state index contributed by atoms with van der Waals surface area (Å²) in [5, 5.41) is 0. The van der Waals surface area contributed by atoms with Crippen molar-refractivity contribution >= 4 is 17.2 Å². The van der Waals surface area contributed by atoms with E-state index in [1.807, 2.05) is 18.2 Å². The lowest BCUT2D eigenvalue weighted by Crippen LogP contribution is -2.27. The highest BCUT2D eigenvalue weighted by Gasteiger charge is 2.21. The number of rotatable bonds is 6. The average molecular weight is 307 g/mol. The van der Waals surface area contributed by atoms with Crippen molar-refractivity contribution in [3.8, 4) is 5.75 Å². The van der Waals surface area contributed by atoms with Crippen molar-refractivity contribution < 1.29 is 4.74 Å². The third kappa shape index (κ3) is 4.40. The molecule has 0 spiro atoms. The highest BCUT2D eigenvalue weighted by Crippen LogP contribution is 2.23. The second kappa shape index (κ2) is 7.20. The zero-order valence-corrected chi connectivity index (χ0v) is 13.9. The summed E-state index contributed by atoms with van der Waals surface area (Å²) in [6.45, 7) is 4.35. The molecule has 2 N–H and O–H groups in total. The van der Waals surface area contributed by atoms with Crippen LogP contribution in [0.25, 0.3) is 0 Å². The highest BCUT2D eigenvalue weighted by molar-refractivity contribution is 7.80. The smallest absolute Gasteiger partial charge is 0.123 e. The topological polar surface area (TPSA) is 41.7 Å². The lowest BCUT2D eigenvalue weighted by atomic mass is 10.1. The molecule has 1 unspecified atom stereocenters. The molecule has 0 bridgehead atoms. The van der Waals surface area contributed by atoms with Crippen LogP contribution >= 0.6 is 12.2 Å². The molecule has 21 heavy (non-hydrogen) atoms. The minimum atomic E-state index is 0.430. The lowest BCUT2D eigenvalue weighted by Gasteiger charge is -2.22. The molecule has 1 fully saturated rings. The van der Waals surface area contributed by atoms with Gasteiger partial charge < -0.3 is 20.3 Å². The quantitative estimate of drug-likeness (QED) is 0.811. The van der Waals surface area contributed by atoms with Crippen LogP contribution in [0.3, 0.4) is 0 Å². The van der Waals surface area contributed by atoms with Crippen LogP contribution in [0.2, 0.25) is 0 Å². The Hall–Kier alpha value is -1.17. The summed E-state index contributed by atoms with van der Waals surface area (Å²) in [5.41, 5.74) is 7.76. The fourth-order valence-corrected chi connectivity index (χ4v) is 3.15. The molecule has 116 valence electrons. The number of likely N-dealkylation sites (tertiary alicyclic amines) is 1. The molecule has 1 aromatic carbocycles. The molecule has 0 aromatic heterocycles. The lowest BCUT2D eigenvalue weighted by molar-refractivity contribution is 0.263. The number of hydrogen-bond acceptors (Lipinski definition) is 4. The molecule has 1 atom stereocenters. The number of thiocarbonyl (C=S) groups is 1. The number of hydrogen-bond donors (Lipinski definition) is 1. The standard InChI is InChI=1S/C16H25N3OS/c1-18-7-6-12(9-18)10-19(2)11-14-8-13(16(17)21)4-5-15(14)20-3/h4-5,8,12H,6-7,9-11H2,1-3H3,(H2,17,21). The normalized spacial score (nSPS) is 19.1. The van der Waals surface area contributed by atoms with Gasteiger partial charge in [-0.1, -0.05) is 12.2 Å². The monoisotopic (exact) mass is 307 g/mol. The minimum absolute atomic E-state index is 0.430. The molecule has 5 heteroatoms. The molecule has 2 rings (SSSR count). The molecule has 0 aliphatic carbocycles. The summed E-state index contributed by atoms with van der Waals surface area (Å²) >= 11 is 5.06. The summed E-state index contributed by atoms with van der Waals surface area (Å²) in [4.78, 5) is 5.18. The molecular formula is C16H25N3OS. The highest BCUT2D eigenvalue weighted by atomic mass is 32.1. The summed E-state index contributed by atoms with van der Waals surface area (Å²) in [6, 6.07) is 5.90. The van der Waals surface area contributed by atoms with E-state index >= 15 is 0 Å². The second-order valence-electron chi connectivity index (χ2n) is 6.00. The zero-order chi connectivity index (χ0) is 15.4. The predicted octanol–water partition coefficient (Wildman–Crippen LogP) is 1.71. The Bertz CT molecular complexity index is 506. The molecule has 1 aromatic rings. The van der Waals surface area contributed by atoms with Crippen molar-refractivity contribution in [1.29, 1.82) is 0 Å². The zero-order valence-electron chi connectivity index (χ0n) is 13.1. The van der Waals surface area contributed by atoms with E-state index in [0.29, 0.717) is 4.99 Å². The van der Waals surface area contributed by atoms with Gasteiger partial charge in [0.15, 0.2) is 0 Å². The average Bonchev–Trinajstić information content (AvgIpc) is 2.83. The van der Waals surface area contributed by atoms with Crippen LogP contribution in [0, 0.1) is 5.92 Å². The van der Waals surface area contributed by atoms with Gasteiger partial charge in [-0.2, -0.15) is 0 Å². The summed E-state index contributed by atoms with van der Waals surface area (Å²) in [5.74, 6) is 1.65. The van der Waals surface area contributed by atoms with E-state index in [1.165, 1.54) is 19.5 Å². The number of nitrogens with two attached hydrogens (primary N) is 1. The number of methoxy groups -OCH3 is 1. The number of benzene rings is 1. The van der Waals surface area contributed by atoms with Crippen molar-refractivity contribution in [3.05, 3.63) is 29.3 Å². The Morgan fingerprint density at radius 3 is 2.86 bits per heavy atom. The molecule has 1 aliphatic heterocycles. The second-order valence-corrected chi connectivity index (χ2v) is 6.44. The maximum absolute atomic E-state index is 5.72. The molecule has 1 heterocycles. The molecular weight excluding hydrogens is 282 g/mol. The first-order chi connectivity index (χ1) is 9.99. The molecule has 0 amide bonds. The number of ether oxygens (including phenoxy) is 1. The van der Waals surface area contributed by atoms with Crippen molar-refractivity contribution in [2.45, 2.75) is 13.0 Å². The third-order valence-electron chi connectivity index (χ3n) is 4.06. The van der Waals surface area contributed by atoms with Crippen molar-refractivity contribution in [1.82, 2.24) is 9.80 Å². The van der Waals surface area contributed by atoms with Gasteiger partial charge in [0.05, 0.1) is 7.11 Å². The summed E-state index contributed by atoms with van der Waals surface area (Å²) in [7, 11) is 6.05. The van der Waals surface area contributed by atoms with E-state index in [-0.39, 0.29) is 0 Å². The predicted molar refractivity (Wildman–Crippen MR) is 90.8 cm³/mol. The van der Waals surface area contributed by atoms with Gasteiger partial charge in [-0.25, -0.2) is 0 Å². The Kier molecular flexibility index (Phi) is 5.56. The van der Waals surface area contributed by atoms with Gasteiger partial charge in [0.25, 0.3) is 0 Å². The van der Waals surface area contributed by atoms with Crippen LogP contribution in [0.4, 0.5) is 0 Å². The van der Waals surface area contributed by atoms with Gasteiger partial charge in [-0.15, -0.1) is 0 Å². The first-order valence-electron chi connectivity index (χ1n) is 7.33. The third-order valence-corrected chi connectivity index (χ3v) is 4.30. The molecule has 0 radical (unpaired) electrons. The van der Waals surface area contributed by atoms with E-state index in [4.69, 9.17) is 22.7 Å². The van der Waals surface area contributed by atoms with Gasteiger partial charge in [0.2, 0.25) is 0 Å². The van der Waals surface area contributed by atoms with Gasteiger partial charge in [0, 0.05) is 30.8 Å². The Balaban J connectivity index is 2.03. The first kappa shape index (κ1) is 16.2. The van der Waals surface area contributed by atoms with Crippen LogP contribution < -0.4 is 10.5 Å². The number of nitrogens with zero attached hydrogens (tertiary/aromatic N) is 2. The van der Waals surface area contributed by atoms with Crippen LogP contribution in [-0.2, 0) is 6.54 Å². The SMILES string of the molecule is COc1ccc(C(N)=S)cc1CN(C)CC1CCN(C)C1. The van der Waals surface area contributed by atoms with E-state index in [9.17, 15) is 0 Å². The Morgan fingerprint density at radius 2 is 2.29 bits per heavy atom.